The molecule has 1 aromatic carbocycles. The average Bonchev–Trinajstić information content (AvgIpc) is 3.16. The molecule has 3 aliphatic rings. The summed E-state index contributed by atoms with van der Waals surface area (Å²) in [5.41, 5.74) is 2.60. The Morgan fingerprint density at radius 3 is 2.62 bits per heavy atom. The molecule has 0 radical (unpaired) electrons. The van der Waals surface area contributed by atoms with Gasteiger partial charge in [0.1, 0.15) is 0 Å². The molecule has 2 saturated carbocycles. The number of carbonyl (C=O) groups is 1. The van der Waals surface area contributed by atoms with Gasteiger partial charge >= 0.3 is 0 Å². The highest BCUT2D eigenvalue weighted by Gasteiger charge is 2.57. The Labute approximate surface area is 95.3 Å². The first-order valence-corrected chi connectivity index (χ1v) is 6.21. The number of rotatable bonds is 1. The smallest absolute Gasteiger partial charge is 0.233 e. The van der Waals surface area contributed by atoms with Crippen molar-refractivity contribution in [3.05, 3.63) is 35.4 Å². The van der Waals surface area contributed by atoms with E-state index >= 15 is 0 Å². The van der Waals surface area contributed by atoms with Crippen LogP contribution in [0.15, 0.2) is 24.3 Å². The molecule has 0 aromatic heterocycles. The third-order valence-corrected chi connectivity index (χ3v) is 4.28. The number of hydrogen-bond donors (Lipinski definition) is 0. The van der Waals surface area contributed by atoms with Crippen LogP contribution in [0.5, 0.6) is 0 Å². The van der Waals surface area contributed by atoms with E-state index in [1.807, 2.05) is 0 Å². The molecule has 16 heavy (non-hydrogen) atoms. The molecule has 1 amide bonds. The lowest BCUT2D eigenvalue weighted by molar-refractivity contribution is -0.136. The van der Waals surface area contributed by atoms with E-state index < -0.39 is 0 Å². The molecular weight excluding hydrogens is 198 g/mol. The van der Waals surface area contributed by atoms with Crippen LogP contribution in [0.2, 0.25) is 0 Å². The monoisotopic (exact) mass is 213 g/mol. The summed E-state index contributed by atoms with van der Waals surface area (Å²) in [6.45, 7) is 0.849. The quantitative estimate of drug-likeness (QED) is 0.700. The minimum absolute atomic E-state index is 0.0998. The fourth-order valence-electron chi connectivity index (χ4n) is 3.06. The maximum absolute atomic E-state index is 12.5. The lowest BCUT2D eigenvalue weighted by Crippen LogP contribution is -2.44. The van der Waals surface area contributed by atoms with Gasteiger partial charge in [-0.05, 0) is 36.8 Å². The van der Waals surface area contributed by atoms with Crippen LogP contribution >= 0.6 is 0 Å². The summed E-state index contributed by atoms with van der Waals surface area (Å²) in [4.78, 5) is 14.6. The number of nitrogens with zero attached hydrogens (tertiary/aromatic N) is 1. The van der Waals surface area contributed by atoms with Crippen molar-refractivity contribution in [1.29, 1.82) is 0 Å². The second-order valence-electron chi connectivity index (χ2n) is 5.40. The Balaban J connectivity index is 1.85. The summed E-state index contributed by atoms with van der Waals surface area (Å²) >= 11 is 0. The highest BCUT2D eigenvalue weighted by atomic mass is 16.2. The molecule has 1 aromatic rings. The van der Waals surface area contributed by atoms with Crippen molar-refractivity contribution in [3.8, 4) is 0 Å². The Hall–Kier alpha value is -1.31. The van der Waals surface area contributed by atoms with Crippen LogP contribution < -0.4 is 0 Å². The Kier molecular flexibility index (Phi) is 1.47. The molecule has 1 spiro atoms. The van der Waals surface area contributed by atoms with Crippen LogP contribution in [-0.2, 0) is 16.8 Å². The van der Waals surface area contributed by atoms with Gasteiger partial charge in [-0.25, -0.2) is 0 Å². The standard InChI is InChI=1S/C14H15NO/c16-13-14(7-8-14)12-4-2-1-3-10(12)9-15(13)11-5-6-11/h1-4,11H,5-9H2. The average molecular weight is 213 g/mol. The van der Waals surface area contributed by atoms with Crippen LogP contribution in [0.25, 0.3) is 0 Å². The SMILES string of the molecule is O=C1N(C2CC2)Cc2ccccc2C12CC2. The first-order chi connectivity index (χ1) is 7.81. The lowest BCUT2D eigenvalue weighted by atomic mass is 9.86. The molecule has 2 aliphatic carbocycles. The maximum Gasteiger partial charge on any atom is 0.233 e. The van der Waals surface area contributed by atoms with Gasteiger partial charge < -0.3 is 4.90 Å². The fourth-order valence-corrected chi connectivity index (χ4v) is 3.06. The van der Waals surface area contributed by atoms with E-state index in [-0.39, 0.29) is 5.41 Å². The summed E-state index contributed by atoms with van der Waals surface area (Å²) in [7, 11) is 0. The van der Waals surface area contributed by atoms with Gasteiger partial charge in [0, 0.05) is 12.6 Å². The summed E-state index contributed by atoms with van der Waals surface area (Å²) in [5.74, 6) is 0.411. The molecule has 0 saturated heterocycles. The number of amides is 1. The molecular formula is C14H15NO. The number of hydrogen-bond acceptors (Lipinski definition) is 1. The van der Waals surface area contributed by atoms with Crippen LogP contribution in [0.4, 0.5) is 0 Å². The van der Waals surface area contributed by atoms with E-state index in [0.717, 1.165) is 19.4 Å². The molecule has 0 N–H and O–H groups in total. The van der Waals surface area contributed by atoms with Crippen molar-refractivity contribution in [1.82, 2.24) is 4.90 Å². The van der Waals surface area contributed by atoms with Gasteiger partial charge in [-0.3, -0.25) is 4.79 Å². The summed E-state index contributed by atoms with van der Waals surface area (Å²) in [6.07, 6.45) is 4.55. The largest absolute Gasteiger partial charge is 0.335 e. The van der Waals surface area contributed by atoms with Crippen molar-refractivity contribution >= 4 is 5.91 Å². The van der Waals surface area contributed by atoms with Crippen molar-refractivity contribution in [2.75, 3.05) is 0 Å². The van der Waals surface area contributed by atoms with Crippen molar-refractivity contribution in [2.45, 2.75) is 43.7 Å². The molecule has 1 aliphatic heterocycles. The number of benzene rings is 1. The zero-order valence-electron chi connectivity index (χ0n) is 9.28. The molecule has 2 nitrogen and oxygen atoms in total. The first kappa shape index (κ1) is 8.80. The minimum Gasteiger partial charge on any atom is -0.335 e. The Morgan fingerprint density at radius 1 is 1.19 bits per heavy atom. The Morgan fingerprint density at radius 2 is 1.94 bits per heavy atom. The zero-order valence-corrected chi connectivity index (χ0v) is 9.28. The molecule has 0 bridgehead atoms. The van der Waals surface area contributed by atoms with E-state index in [9.17, 15) is 4.79 Å². The third kappa shape index (κ3) is 0.998. The number of fused-ring (bicyclic) bond motifs is 2. The molecule has 0 unspecified atom stereocenters. The van der Waals surface area contributed by atoms with Gasteiger partial charge in [0.2, 0.25) is 5.91 Å². The van der Waals surface area contributed by atoms with E-state index in [0.29, 0.717) is 11.9 Å². The molecule has 2 fully saturated rings. The van der Waals surface area contributed by atoms with E-state index in [1.165, 1.54) is 24.0 Å². The molecule has 0 atom stereocenters. The number of carbonyl (C=O) groups excluding carboxylic acids is 1. The maximum atomic E-state index is 12.5. The van der Waals surface area contributed by atoms with Crippen molar-refractivity contribution in [2.24, 2.45) is 0 Å². The summed E-state index contributed by atoms with van der Waals surface area (Å²) < 4.78 is 0. The van der Waals surface area contributed by atoms with Gasteiger partial charge in [0.05, 0.1) is 5.41 Å². The molecule has 1 heterocycles. The minimum atomic E-state index is -0.0998. The normalized spacial score (nSPS) is 25.8. The topological polar surface area (TPSA) is 20.3 Å². The van der Waals surface area contributed by atoms with Crippen LogP contribution in [0, 0.1) is 0 Å². The zero-order chi connectivity index (χ0) is 10.8. The van der Waals surface area contributed by atoms with E-state index in [4.69, 9.17) is 0 Å². The van der Waals surface area contributed by atoms with Gasteiger partial charge in [0.15, 0.2) is 0 Å². The van der Waals surface area contributed by atoms with Crippen LogP contribution in [0.3, 0.4) is 0 Å². The van der Waals surface area contributed by atoms with Gasteiger partial charge in [-0.15, -0.1) is 0 Å². The lowest BCUT2D eigenvalue weighted by Gasteiger charge is -2.34. The van der Waals surface area contributed by atoms with Gasteiger partial charge in [0.25, 0.3) is 0 Å². The van der Waals surface area contributed by atoms with Crippen molar-refractivity contribution < 1.29 is 4.79 Å². The predicted octanol–water partition coefficient (Wildman–Crippen LogP) is 2.22. The van der Waals surface area contributed by atoms with E-state index in [1.54, 1.807) is 0 Å². The second-order valence-corrected chi connectivity index (χ2v) is 5.40. The highest BCUT2D eigenvalue weighted by molar-refractivity contribution is 5.93. The summed E-state index contributed by atoms with van der Waals surface area (Å²) in [6, 6.07) is 9.06. The van der Waals surface area contributed by atoms with Crippen LogP contribution in [0.1, 0.15) is 36.8 Å². The predicted molar refractivity (Wildman–Crippen MR) is 60.9 cm³/mol. The van der Waals surface area contributed by atoms with Gasteiger partial charge in [-0.1, -0.05) is 24.3 Å². The van der Waals surface area contributed by atoms with Gasteiger partial charge in [-0.2, -0.15) is 0 Å². The van der Waals surface area contributed by atoms with Crippen LogP contribution in [-0.4, -0.2) is 16.8 Å². The first-order valence-electron chi connectivity index (χ1n) is 6.21. The highest BCUT2D eigenvalue weighted by Crippen LogP contribution is 2.54. The molecule has 2 heteroatoms. The van der Waals surface area contributed by atoms with Crippen molar-refractivity contribution in [3.63, 3.8) is 0 Å². The Bertz CT molecular complexity index is 471. The molecule has 4 rings (SSSR count). The summed E-state index contributed by atoms with van der Waals surface area (Å²) in [5, 5.41) is 0. The fraction of sp³-hybridized carbons (Fsp3) is 0.500. The van der Waals surface area contributed by atoms with E-state index in [2.05, 4.69) is 29.2 Å². The second kappa shape index (κ2) is 2.68. The molecule has 82 valence electrons. The third-order valence-electron chi connectivity index (χ3n) is 4.28.